The fourth-order valence-corrected chi connectivity index (χ4v) is 4.94. The second kappa shape index (κ2) is 9.52. The lowest BCUT2D eigenvalue weighted by Gasteiger charge is -2.46. The van der Waals surface area contributed by atoms with Crippen molar-refractivity contribution in [2.45, 2.75) is 58.3 Å². The number of piperazine rings is 1. The van der Waals surface area contributed by atoms with Crippen LogP contribution in [0.3, 0.4) is 0 Å². The number of carbonyl (C=O) groups excluding carboxylic acids is 1. The molecule has 1 amide bonds. The molecule has 0 bridgehead atoms. The average Bonchev–Trinajstić information content (AvgIpc) is 2.71. The maximum atomic E-state index is 15.3. The lowest BCUT2D eigenvalue weighted by atomic mass is 10.1. The van der Waals surface area contributed by atoms with Crippen LogP contribution in [0.4, 0.5) is 21.0 Å². The molecule has 0 unspecified atom stereocenters. The van der Waals surface area contributed by atoms with Gasteiger partial charge in [0.15, 0.2) is 5.82 Å². The summed E-state index contributed by atoms with van der Waals surface area (Å²) in [5, 5.41) is 0.811. The first-order valence-electron chi connectivity index (χ1n) is 11.8. The van der Waals surface area contributed by atoms with Crippen molar-refractivity contribution in [3.63, 3.8) is 0 Å². The van der Waals surface area contributed by atoms with Gasteiger partial charge >= 0.3 is 6.09 Å². The van der Waals surface area contributed by atoms with Gasteiger partial charge in [-0.2, -0.15) is 4.98 Å². The molecule has 1 aromatic carbocycles. The molecule has 192 valence electrons. The molecule has 35 heavy (non-hydrogen) atoms. The van der Waals surface area contributed by atoms with Crippen LogP contribution in [0.5, 0.6) is 0 Å². The van der Waals surface area contributed by atoms with E-state index in [9.17, 15) is 4.79 Å². The van der Waals surface area contributed by atoms with Crippen LogP contribution >= 0.6 is 27.5 Å². The Morgan fingerprint density at radius 2 is 1.83 bits per heavy atom. The van der Waals surface area contributed by atoms with Crippen LogP contribution in [-0.2, 0) is 4.74 Å². The molecule has 0 aliphatic carbocycles. The van der Waals surface area contributed by atoms with Crippen molar-refractivity contribution in [2.24, 2.45) is 0 Å². The highest BCUT2D eigenvalue weighted by molar-refractivity contribution is 9.10. The number of fused-ring (bicyclic) bond motifs is 1. The van der Waals surface area contributed by atoms with E-state index in [0.29, 0.717) is 36.3 Å². The number of hydrogen-bond donors (Lipinski definition) is 0. The predicted molar refractivity (Wildman–Crippen MR) is 141 cm³/mol. The Morgan fingerprint density at radius 3 is 2.43 bits per heavy atom. The Hall–Kier alpha value is -1.91. The van der Waals surface area contributed by atoms with E-state index in [4.69, 9.17) is 21.3 Å². The summed E-state index contributed by atoms with van der Waals surface area (Å²) in [6, 6.07) is 1.89. The molecule has 2 fully saturated rings. The highest BCUT2D eigenvalue weighted by Crippen LogP contribution is 2.38. The number of halogens is 3. The van der Waals surface area contributed by atoms with Crippen LogP contribution in [0.1, 0.15) is 34.6 Å². The molecule has 2 saturated heterocycles. The Morgan fingerprint density at radius 1 is 1.17 bits per heavy atom. The van der Waals surface area contributed by atoms with Gasteiger partial charge in [-0.25, -0.2) is 14.2 Å². The monoisotopic (exact) mass is 570 g/mol. The molecule has 0 radical (unpaired) electrons. The van der Waals surface area contributed by atoms with Gasteiger partial charge in [0.25, 0.3) is 0 Å². The molecule has 8 nitrogen and oxygen atoms in total. The van der Waals surface area contributed by atoms with E-state index in [0.717, 1.165) is 13.1 Å². The predicted octanol–water partition coefficient (Wildman–Crippen LogP) is 4.77. The van der Waals surface area contributed by atoms with Crippen LogP contribution in [0, 0.1) is 5.82 Å². The number of anilines is 2. The summed E-state index contributed by atoms with van der Waals surface area (Å²) in [6.07, 6.45) is -0.335. The average molecular weight is 572 g/mol. The molecule has 2 aliphatic rings. The smallest absolute Gasteiger partial charge is 0.410 e. The highest BCUT2D eigenvalue weighted by Gasteiger charge is 2.37. The third kappa shape index (κ3) is 5.15. The van der Waals surface area contributed by atoms with Crippen molar-refractivity contribution in [2.75, 3.05) is 50.1 Å². The molecule has 2 aliphatic heterocycles. The van der Waals surface area contributed by atoms with Gasteiger partial charge in [0.2, 0.25) is 5.95 Å². The minimum Gasteiger partial charge on any atom is -0.444 e. The van der Waals surface area contributed by atoms with Crippen molar-refractivity contribution in [3.05, 3.63) is 21.4 Å². The summed E-state index contributed by atoms with van der Waals surface area (Å²) in [5.74, 6) is 0.609. The molecular weight excluding hydrogens is 539 g/mol. The van der Waals surface area contributed by atoms with Crippen molar-refractivity contribution >= 4 is 56.3 Å². The molecular formula is C24H33BrClFN6O2. The molecule has 0 spiro atoms. The summed E-state index contributed by atoms with van der Waals surface area (Å²) in [4.78, 5) is 30.4. The second-order valence-electron chi connectivity index (χ2n) is 10.7. The van der Waals surface area contributed by atoms with Gasteiger partial charge in [-0.1, -0.05) is 11.6 Å². The minimum absolute atomic E-state index is 0.0823. The fraction of sp³-hybridized carbons (Fsp3) is 0.625. The number of carbonyl (C=O) groups is 1. The lowest BCUT2D eigenvalue weighted by Crippen LogP contribution is -2.59. The third-order valence-electron chi connectivity index (χ3n) is 6.56. The van der Waals surface area contributed by atoms with Crippen LogP contribution < -0.4 is 9.80 Å². The fourth-order valence-electron chi connectivity index (χ4n) is 4.45. The van der Waals surface area contributed by atoms with E-state index in [1.807, 2.05) is 48.7 Å². The van der Waals surface area contributed by atoms with E-state index in [-0.39, 0.29) is 33.2 Å². The zero-order valence-corrected chi connectivity index (χ0v) is 23.6. The topological polar surface area (TPSA) is 65.0 Å². The SMILES string of the molecule is C[C@H]1CN(c2nc(N3CC(N(C)C)C3)nc3c(F)c(Br)c(Cl)cc23)[C@@H](C)CN1C(=O)OC(C)(C)C. The summed E-state index contributed by atoms with van der Waals surface area (Å²) in [6.45, 7) is 12.1. The van der Waals surface area contributed by atoms with Gasteiger partial charge in [0, 0.05) is 49.7 Å². The van der Waals surface area contributed by atoms with E-state index in [1.165, 1.54) is 0 Å². The number of rotatable bonds is 3. The Kier molecular flexibility index (Phi) is 7.11. The Balaban J connectivity index is 1.72. The number of likely N-dealkylation sites (N-methyl/N-ethyl adjacent to an activating group) is 1. The van der Waals surface area contributed by atoms with Gasteiger partial charge in [-0.15, -0.1) is 0 Å². The number of ether oxygens (including phenoxy) is 1. The second-order valence-corrected chi connectivity index (χ2v) is 11.9. The number of hydrogen-bond acceptors (Lipinski definition) is 7. The number of benzene rings is 1. The molecule has 11 heteroatoms. The van der Waals surface area contributed by atoms with Gasteiger partial charge < -0.3 is 24.3 Å². The standard InChI is InChI=1S/C24H33BrClFN6O2/c1-13-10-33(23(34)35-24(3,4)5)14(2)9-32(13)21-16-8-17(26)18(25)19(27)20(16)28-22(29-21)31-11-15(12-31)30(6)7/h8,13-15H,9-12H2,1-7H3/t13-,14-/m0/s1. The minimum atomic E-state index is -0.571. The largest absolute Gasteiger partial charge is 0.444 e. The van der Waals surface area contributed by atoms with E-state index < -0.39 is 11.4 Å². The summed E-state index contributed by atoms with van der Waals surface area (Å²) < 4.78 is 21.1. The van der Waals surface area contributed by atoms with Crippen molar-refractivity contribution in [1.82, 2.24) is 19.8 Å². The molecule has 2 aromatic rings. The zero-order valence-electron chi connectivity index (χ0n) is 21.3. The van der Waals surface area contributed by atoms with Crippen LogP contribution in [-0.4, -0.2) is 89.9 Å². The maximum Gasteiger partial charge on any atom is 0.410 e. The Bertz CT molecular complexity index is 1140. The van der Waals surface area contributed by atoms with E-state index >= 15 is 4.39 Å². The quantitative estimate of drug-likeness (QED) is 0.492. The van der Waals surface area contributed by atoms with Crippen molar-refractivity contribution in [1.29, 1.82) is 0 Å². The summed E-state index contributed by atoms with van der Waals surface area (Å²) >= 11 is 9.60. The van der Waals surface area contributed by atoms with E-state index in [1.54, 1.807) is 11.0 Å². The molecule has 1 aromatic heterocycles. The summed E-state index contributed by atoms with van der Waals surface area (Å²) in [5.41, 5.74) is -0.345. The molecule has 4 rings (SSSR count). The normalized spacial score (nSPS) is 21.6. The third-order valence-corrected chi connectivity index (χ3v) is 7.86. The maximum absolute atomic E-state index is 15.3. The first-order valence-corrected chi connectivity index (χ1v) is 13.0. The van der Waals surface area contributed by atoms with Gasteiger partial charge in [0.1, 0.15) is 16.9 Å². The van der Waals surface area contributed by atoms with Crippen molar-refractivity contribution < 1.29 is 13.9 Å². The van der Waals surface area contributed by atoms with Gasteiger partial charge in [-0.3, -0.25) is 0 Å². The van der Waals surface area contributed by atoms with E-state index in [2.05, 4.69) is 35.6 Å². The Labute approximate surface area is 219 Å². The number of nitrogens with zero attached hydrogens (tertiary/aromatic N) is 6. The van der Waals surface area contributed by atoms with Crippen LogP contribution in [0.2, 0.25) is 5.02 Å². The van der Waals surface area contributed by atoms with Gasteiger partial charge in [0.05, 0.1) is 9.50 Å². The number of aromatic nitrogens is 2. The first-order chi connectivity index (χ1) is 16.3. The highest BCUT2D eigenvalue weighted by atomic mass is 79.9. The molecule has 0 N–H and O–H groups in total. The molecule has 2 atom stereocenters. The van der Waals surface area contributed by atoms with Crippen LogP contribution in [0.25, 0.3) is 10.9 Å². The number of amides is 1. The first kappa shape index (κ1) is 26.2. The molecule has 3 heterocycles. The summed E-state index contributed by atoms with van der Waals surface area (Å²) in [7, 11) is 4.08. The lowest BCUT2D eigenvalue weighted by molar-refractivity contribution is 0.0130. The molecule has 0 saturated carbocycles. The van der Waals surface area contributed by atoms with Gasteiger partial charge in [-0.05, 0) is 70.7 Å². The zero-order chi connectivity index (χ0) is 25.8. The van der Waals surface area contributed by atoms with Crippen molar-refractivity contribution in [3.8, 4) is 0 Å². The van der Waals surface area contributed by atoms with Crippen LogP contribution in [0.15, 0.2) is 10.5 Å².